The molecule has 3 aliphatic rings. The topological polar surface area (TPSA) is 3.24 Å². The van der Waals surface area contributed by atoms with E-state index in [0.29, 0.717) is 11.8 Å². The predicted molar refractivity (Wildman–Crippen MR) is 276 cm³/mol. The molecular formula is C63H53N. The maximum Gasteiger partial charge on any atom is 0.0539 e. The number of benzene rings is 8. The van der Waals surface area contributed by atoms with Crippen molar-refractivity contribution in [2.24, 2.45) is 17.3 Å². The van der Waals surface area contributed by atoms with Gasteiger partial charge >= 0.3 is 0 Å². The number of hydrogen-bond donors (Lipinski definition) is 0. The first-order chi connectivity index (χ1) is 31.4. The molecule has 11 rings (SSSR count). The van der Waals surface area contributed by atoms with Gasteiger partial charge in [0.25, 0.3) is 0 Å². The number of fused-ring (bicyclic) bond motifs is 5. The van der Waals surface area contributed by atoms with Crippen molar-refractivity contribution in [2.75, 3.05) is 4.90 Å². The Morgan fingerprint density at radius 2 is 1.09 bits per heavy atom. The fourth-order valence-corrected chi connectivity index (χ4v) is 10.1. The van der Waals surface area contributed by atoms with Gasteiger partial charge in [0.2, 0.25) is 0 Å². The van der Waals surface area contributed by atoms with Crippen LogP contribution in [0.1, 0.15) is 51.2 Å². The Hall–Kier alpha value is -7.22. The van der Waals surface area contributed by atoms with E-state index in [1.165, 1.54) is 82.4 Å². The molecule has 0 amide bonds. The van der Waals surface area contributed by atoms with E-state index in [2.05, 4.69) is 244 Å². The van der Waals surface area contributed by atoms with Crippen molar-refractivity contribution in [1.29, 1.82) is 0 Å². The minimum Gasteiger partial charge on any atom is -0.310 e. The van der Waals surface area contributed by atoms with Crippen molar-refractivity contribution in [3.8, 4) is 22.3 Å². The molecule has 8 aromatic rings. The number of rotatable bonds is 8. The van der Waals surface area contributed by atoms with Crippen LogP contribution >= 0.6 is 0 Å². The molecule has 0 bridgehead atoms. The smallest absolute Gasteiger partial charge is 0.0539 e. The van der Waals surface area contributed by atoms with Crippen LogP contribution in [0.25, 0.3) is 65.7 Å². The quantitative estimate of drug-likeness (QED) is 0.138. The summed E-state index contributed by atoms with van der Waals surface area (Å²) in [5.74, 6) is 1.19. The molecule has 310 valence electrons. The molecule has 0 spiro atoms. The van der Waals surface area contributed by atoms with Crippen LogP contribution in [-0.2, 0) is 0 Å². The summed E-state index contributed by atoms with van der Waals surface area (Å²) in [5, 5.41) is 7.72. The second kappa shape index (κ2) is 16.5. The summed E-state index contributed by atoms with van der Waals surface area (Å²) in [6, 6.07) is 60.9. The summed E-state index contributed by atoms with van der Waals surface area (Å²) in [6.45, 7) is 6.95. The Kier molecular flexibility index (Phi) is 10.2. The first-order valence-electron chi connectivity index (χ1n) is 23.1. The molecule has 1 nitrogen and oxygen atoms in total. The summed E-state index contributed by atoms with van der Waals surface area (Å²) in [5.41, 5.74) is 14.7. The SMILES string of the molecule is CC1C=CC(c2ccc(N(c3cccc(-c4ccc(-c5ccc6ccc7c8ccccc8ccc7c6c5)cc4)c3)c3ccccc3C3=CCC(C)(C4=CCC(C)C=C4)C=C3)cc2)=CC1. The highest BCUT2D eigenvalue weighted by atomic mass is 15.1. The third-order valence-electron chi connectivity index (χ3n) is 14.0. The van der Waals surface area contributed by atoms with Crippen molar-refractivity contribution in [2.45, 2.75) is 40.0 Å². The maximum absolute atomic E-state index is 2.45. The number of para-hydroxylation sites is 1. The number of anilines is 3. The Morgan fingerprint density at radius 3 is 1.81 bits per heavy atom. The van der Waals surface area contributed by atoms with Gasteiger partial charge in [0.15, 0.2) is 0 Å². The average Bonchev–Trinajstić information content (AvgIpc) is 3.35. The maximum atomic E-state index is 2.45. The molecule has 0 radical (unpaired) electrons. The fraction of sp³-hybridized carbons (Fsp3) is 0.143. The lowest BCUT2D eigenvalue weighted by Crippen LogP contribution is -2.19. The normalized spacial score (nSPS) is 19.5. The highest BCUT2D eigenvalue weighted by molar-refractivity contribution is 6.17. The molecule has 0 aromatic heterocycles. The van der Waals surface area contributed by atoms with E-state index in [9.17, 15) is 0 Å². The van der Waals surface area contributed by atoms with E-state index in [0.717, 1.165) is 36.3 Å². The van der Waals surface area contributed by atoms with E-state index in [1.54, 1.807) is 0 Å². The zero-order chi connectivity index (χ0) is 43.2. The van der Waals surface area contributed by atoms with Gasteiger partial charge in [-0.2, -0.15) is 0 Å². The fourth-order valence-electron chi connectivity index (χ4n) is 10.1. The molecule has 3 aliphatic carbocycles. The number of nitrogens with zero attached hydrogens (tertiary/aromatic N) is 1. The average molecular weight is 824 g/mol. The van der Waals surface area contributed by atoms with Crippen molar-refractivity contribution in [1.82, 2.24) is 0 Å². The van der Waals surface area contributed by atoms with E-state index in [1.807, 2.05) is 0 Å². The van der Waals surface area contributed by atoms with Crippen LogP contribution in [0.3, 0.4) is 0 Å². The summed E-state index contributed by atoms with van der Waals surface area (Å²) in [4.78, 5) is 2.45. The molecule has 0 fully saturated rings. The molecule has 8 aromatic carbocycles. The minimum atomic E-state index is -0.00740. The summed E-state index contributed by atoms with van der Waals surface area (Å²) in [6.07, 6.45) is 24.5. The van der Waals surface area contributed by atoms with Crippen LogP contribution in [0.5, 0.6) is 0 Å². The van der Waals surface area contributed by atoms with Crippen LogP contribution in [0.2, 0.25) is 0 Å². The van der Waals surface area contributed by atoms with Crippen molar-refractivity contribution < 1.29 is 0 Å². The highest BCUT2D eigenvalue weighted by Crippen LogP contribution is 2.46. The van der Waals surface area contributed by atoms with Crippen LogP contribution in [0.15, 0.2) is 224 Å². The third-order valence-corrected chi connectivity index (χ3v) is 14.0. The molecule has 3 atom stereocenters. The molecule has 0 saturated carbocycles. The molecule has 64 heavy (non-hydrogen) atoms. The van der Waals surface area contributed by atoms with Gasteiger partial charge in [0.05, 0.1) is 5.69 Å². The standard InChI is InChI=1S/C63H53N/c1-43-15-19-45(20-16-43)46-27-33-55(34-28-46)64(62-14-7-6-13-58(62)51-37-39-63(3,40-38-51)54-31-17-44(2)18-32-54)56-11-8-10-52(41-56)47-21-23-48(24-22-47)53-26-25-50-30-35-59-57-12-5-4-9-49(57)29-36-60(59)61(50)42-53/h4-15,17,19-39,41-44H,16,18,40H2,1-3H3. The Morgan fingerprint density at radius 1 is 0.453 bits per heavy atom. The zero-order valence-electron chi connectivity index (χ0n) is 37.0. The van der Waals surface area contributed by atoms with Gasteiger partial charge in [-0.1, -0.05) is 203 Å². The Labute approximate surface area is 378 Å². The number of allylic oxidation sites excluding steroid dienone is 12. The van der Waals surface area contributed by atoms with E-state index in [4.69, 9.17) is 0 Å². The molecular weight excluding hydrogens is 771 g/mol. The van der Waals surface area contributed by atoms with Gasteiger partial charge in [-0.3, -0.25) is 0 Å². The first-order valence-corrected chi connectivity index (χ1v) is 23.1. The van der Waals surface area contributed by atoms with Gasteiger partial charge in [0, 0.05) is 22.4 Å². The zero-order valence-corrected chi connectivity index (χ0v) is 37.0. The summed E-state index contributed by atoms with van der Waals surface area (Å²) >= 11 is 0. The molecule has 1 heteroatoms. The minimum absolute atomic E-state index is 0.00740. The second-order valence-corrected chi connectivity index (χ2v) is 18.5. The van der Waals surface area contributed by atoms with Crippen molar-refractivity contribution >= 4 is 60.5 Å². The van der Waals surface area contributed by atoms with E-state index in [-0.39, 0.29) is 5.41 Å². The van der Waals surface area contributed by atoms with Gasteiger partial charge in [-0.05, 0) is 144 Å². The van der Waals surface area contributed by atoms with Gasteiger partial charge in [0.1, 0.15) is 0 Å². The van der Waals surface area contributed by atoms with Gasteiger partial charge in [-0.15, -0.1) is 0 Å². The molecule has 0 saturated heterocycles. The van der Waals surface area contributed by atoms with Crippen LogP contribution in [0, 0.1) is 17.3 Å². The Bertz CT molecular complexity index is 3280. The van der Waals surface area contributed by atoms with Crippen LogP contribution in [-0.4, -0.2) is 0 Å². The lowest BCUT2D eigenvalue weighted by Gasteiger charge is -2.33. The van der Waals surface area contributed by atoms with Crippen LogP contribution < -0.4 is 4.90 Å². The molecule has 3 unspecified atom stereocenters. The largest absolute Gasteiger partial charge is 0.310 e. The summed E-state index contributed by atoms with van der Waals surface area (Å²) in [7, 11) is 0. The van der Waals surface area contributed by atoms with E-state index >= 15 is 0 Å². The highest BCUT2D eigenvalue weighted by Gasteiger charge is 2.28. The Balaban J connectivity index is 0.947. The molecule has 0 N–H and O–H groups in total. The van der Waals surface area contributed by atoms with Gasteiger partial charge in [-0.25, -0.2) is 0 Å². The lowest BCUT2D eigenvalue weighted by atomic mass is 9.73. The van der Waals surface area contributed by atoms with Gasteiger partial charge < -0.3 is 4.90 Å². The number of hydrogen-bond acceptors (Lipinski definition) is 1. The summed E-state index contributed by atoms with van der Waals surface area (Å²) < 4.78 is 0. The van der Waals surface area contributed by atoms with Crippen molar-refractivity contribution in [3.05, 3.63) is 235 Å². The van der Waals surface area contributed by atoms with Crippen molar-refractivity contribution in [3.63, 3.8) is 0 Å². The van der Waals surface area contributed by atoms with E-state index < -0.39 is 0 Å². The molecule has 0 aliphatic heterocycles. The van der Waals surface area contributed by atoms with Crippen LogP contribution in [0.4, 0.5) is 17.1 Å². The first kappa shape index (κ1) is 39.6. The lowest BCUT2D eigenvalue weighted by molar-refractivity contribution is 0.521. The molecule has 0 heterocycles. The predicted octanol–water partition coefficient (Wildman–Crippen LogP) is 17.8. The second-order valence-electron chi connectivity index (χ2n) is 18.5. The monoisotopic (exact) mass is 823 g/mol. The third kappa shape index (κ3) is 7.46.